The summed E-state index contributed by atoms with van der Waals surface area (Å²) >= 11 is 0. The van der Waals surface area contributed by atoms with E-state index in [0.29, 0.717) is 0 Å². The van der Waals surface area contributed by atoms with Crippen LogP contribution in [0.2, 0.25) is 0 Å². The molecule has 0 amide bonds. The zero-order chi connectivity index (χ0) is 21.9. The molecule has 5 nitrogen and oxygen atoms in total. The topological polar surface area (TPSA) is 99.5 Å². The van der Waals surface area contributed by atoms with Crippen molar-refractivity contribution < 1.29 is 44.3 Å². The van der Waals surface area contributed by atoms with Crippen molar-refractivity contribution in [3.63, 3.8) is 0 Å². The van der Waals surface area contributed by atoms with E-state index >= 15 is 0 Å². The Morgan fingerprint density at radius 1 is 0.655 bits per heavy atom. The standard InChI is InChI=1S/C17H19P.5CO.W/c1-3-7-13-11-16-12-14(8-4-1)17(13)18(16)15-9-5-2-6-10-15;5*1-2;/h2,5-6,9-12,16-17H,1,3-4,7-8H2;;;;;;. The second kappa shape index (κ2) is 21.2. The molecule has 0 saturated heterocycles. The van der Waals surface area contributed by atoms with Crippen LogP contribution in [0, 0.1) is 33.3 Å². The van der Waals surface area contributed by atoms with Crippen molar-refractivity contribution in [2.45, 2.75) is 43.4 Å². The third kappa shape index (κ3) is 8.82. The molecule has 7 heteroatoms. The molecule has 1 unspecified atom stereocenters. The summed E-state index contributed by atoms with van der Waals surface area (Å²) in [4.78, 5) is 0. The molecule has 0 spiro atoms. The van der Waals surface area contributed by atoms with Crippen molar-refractivity contribution >= 4 is 13.2 Å². The minimum Gasteiger partial charge on any atom is 0 e. The van der Waals surface area contributed by atoms with Gasteiger partial charge in [0.2, 0.25) is 0 Å². The van der Waals surface area contributed by atoms with Gasteiger partial charge in [0, 0.05) is 32.4 Å². The minimum absolute atomic E-state index is 0. The molecule has 1 atom stereocenters. The van der Waals surface area contributed by atoms with Crippen LogP contribution in [0.1, 0.15) is 32.1 Å². The summed E-state index contributed by atoms with van der Waals surface area (Å²) in [5.41, 5.74) is 5.16. The van der Waals surface area contributed by atoms with Gasteiger partial charge in [-0.25, -0.2) is 0 Å². The van der Waals surface area contributed by atoms with Crippen molar-refractivity contribution in [1.29, 1.82) is 0 Å². The van der Waals surface area contributed by atoms with Crippen LogP contribution in [0.25, 0.3) is 0 Å². The van der Waals surface area contributed by atoms with Gasteiger partial charge in [-0.1, -0.05) is 68.0 Å². The predicted molar refractivity (Wildman–Crippen MR) is 99.5 cm³/mol. The molecule has 1 saturated carbocycles. The Hall–Kier alpha value is -1.48. The van der Waals surface area contributed by atoms with E-state index in [4.69, 9.17) is 23.3 Å². The van der Waals surface area contributed by atoms with E-state index in [-0.39, 0.29) is 29.0 Å². The second-order valence-electron chi connectivity index (χ2n) is 5.68. The molecule has 0 N–H and O–H groups in total. The predicted octanol–water partition coefficient (Wildman–Crippen LogP) is 4.19. The van der Waals surface area contributed by atoms with Gasteiger partial charge in [0.15, 0.2) is 0 Å². The van der Waals surface area contributed by atoms with E-state index in [1.165, 1.54) is 32.1 Å². The zero-order valence-electron chi connectivity index (χ0n) is 15.6. The average molecular weight is 578 g/mol. The molecule has 148 valence electrons. The zero-order valence-corrected chi connectivity index (χ0v) is 19.5. The van der Waals surface area contributed by atoms with Gasteiger partial charge in [-0.3, -0.25) is 0 Å². The maximum absolute atomic E-state index is 7.50. The van der Waals surface area contributed by atoms with Gasteiger partial charge in [0.1, 0.15) is 0 Å². The molecule has 2 heterocycles. The summed E-state index contributed by atoms with van der Waals surface area (Å²) in [6, 6.07) is 11.3. The van der Waals surface area contributed by atoms with Crippen LogP contribution in [0.3, 0.4) is 0 Å². The third-order valence-corrected chi connectivity index (χ3v) is 7.61. The number of rotatable bonds is 1. The Bertz CT molecular complexity index is 672. The molecule has 2 aliphatic heterocycles. The molecule has 4 rings (SSSR count). The third-order valence-electron chi connectivity index (χ3n) is 4.56. The summed E-state index contributed by atoms with van der Waals surface area (Å²) < 4.78 is 37.5. The van der Waals surface area contributed by atoms with Crippen molar-refractivity contribution in [1.82, 2.24) is 0 Å². The number of fused-ring (bicyclic) bond motifs is 1. The molecule has 1 fully saturated rings. The van der Waals surface area contributed by atoms with Gasteiger partial charge < -0.3 is 0 Å². The van der Waals surface area contributed by atoms with Gasteiger partial charge in [-0.2, -0.15) is 0 Å². The van der Waals surface area contributed by atoms with Gasteiger partial charge in [0.05, 0.1) is 0 Å². The van der Waals surface area contributed by atoms with Crippen molar-refractivity contribution in [3.8, 4) is 0 Å². The molecule has 0 aromatic heterocycles. The van der Waals surface area contributed by atoms with Crippen molar-refractivity contribution in [3.05, 3.63) is 86.9 Å². The first-order chi connectivity index (χ1) is 13.9. The number of hydrogen-bond donors (Lipinski definition) is 0. The first-order valence-electron chi connectivity index (χ1n) is 8.20. The second-order valence-corrected chi connectivity index (χ2v) is 8.12. The summed E-state index contributed by atoms with van der Waals surface area (Å²) in [7, 11) is 0.00116. The molecule has 1 aliphatic carbocycles. The Labute approximate surface area is 187 Å². The van der Waals surface area contributed by atoms with Crippen LogP contribution < -0.4 is 5.30 Å². The Balaban J connectivity index is -0.000000545. The van der Waals surface area contributed by atoms with Gasteiger partial charge in [-0.15, -0.1) is 0 Å². The Morgan fingerprint density at radius 3 is 1.48 bits per heavy atom. The average Bonchev–Trinajstić information content (AvgIpc) is 3.34. The normalized spacial score (nSPS) is 21.2. The monoisotopic (exact) mass is 578 g/mol. The van der Waals surface area contributed by atoms with E-state index in [2.05, 4.69) is 75.7 Å². The fourth-order valence-corrected chi connectivity index (χ4v) is 7.15. The summed E-state index contributed by atoms with van der Waals surface area (Å²) in [5.74, 6) is 0. The van der Waals surface area contributed by atoms with Crippen LogP contribution in [-0.4, -0.2) is 11.3 Å². The van der Waals surface area contributed by atoms with E-state index in [1.807, 2.05) is 0 Å². The number of allylic oxidation sites excluding steroid dienone is 4. The quantitative estimate of drug-likeness (QED) is 0.207. The Morgan fingerprint density at radius 2 is 1.07 bits per heavy atom. The molecular formula is C22H19O5PW. The molecule has 29 heavy (non-hydrogen) atoms. The summed E-state index contributed by atoms with van der Waals surface area (Å²) in [6.07, 6.45) is 12.2. The minimum atomic E-state index is 0. The maximum atomic E-state index is 7.50. The van der Waals surface area contributed by atoms with Gasteiger partial charge >= 0.3 is 56.5 Å². The molecule has 3 aliphatic rings. The summed E-state index contributed by atoms with van der Waals surface area (Å²) in [5, 5.41) is 1.61. The molecule has 2 bridgehead atoms. The first-order valence-corrected chi connectivity index (χ1v) is 9.68. The van der Waals surface area contributed by atoms with E-state index < -0.39 is 0 Å². The van der Waals surface area contributed by atoms with Crippen LogP contribution in [0.4, 0.5) is 0 Å². The van der Waals surface area contributed by atoms with E-state index in [9.17, 15) is 0 Å². The summed E-state index contributed by atoms with van der Waals surface area (Å²) in [6.45, 7) is 22.5. The fourth-order valence-electron chi connectivity index (χ4n) is 3.79. The first kappa shape index (κ1) is 32.2. The van der Waals surface area contributed by atoms with Crippen molar-refractivity contribution in [2.75, 3.05) is 0 Å². The fraction of sp³-hybridized carbons (Fsp3) is 0.318. The smallest absolute Gasteiger partial charge is 0 e. The largest absolute Gasteiger partial charge is 0 e. The van der Waals surface area contributed by atoms with E-state index in [0.717, 1.165) is 11.3 Å². The van der Waals surface area contributed by atoms with Crippen LogP contribution in [0.15, 0.2) is 53.6 Å². The number of benzene rings is 1. The molecule has 1 aromatic carbocycles. The Kier molecular flexibility index (Phi) is 23.6. The van der Waals surface area contributed by atoms with Crippen LogP contribution >= 0.6 is 7.92 Å². The SMILES string of the molecule is C1=C2CCCCCC3=CC1P(c1ccccc1)C23.[C-]#[O+].[C-]#[O+].[C-]#[O+].[C-]#[O+].[C-]#[O+].[W]. The maximum Gasteiger partial charge on any atom is 0 e. The van der Waals surface area contributed by atoms with Gasteiger partial charge in [-0.05, 0) is 31.0 Å². The van der Waals surface area contributed by atoms with Crippen LogP contribution in [-0.2, 0) is 44.3 Å². The molecule has 1 aromatic rings. The van der Waals surface area contributed by atoms with Crippen molar-refractivity contribution in [2.24, 2.45) is 0 Å². The van der Waals surface area contributed by atoms with E-state index in [1.54, 1.807) is 16.5 Å². The molecular weight excluding hydrogens is 559 g/mol. The van der Waals surface area contributed by atoms with Gasteiger partial charge in [0.25, 0.3) is 0 Å². The molecule has 0 radical (unpaired) electrons. The van der Waals surface area contributed by atoms with Crippen LogP contribution in [0.5, 0.6) is 0 Å². The number of hydrogen-bond acceptors (Lipinski definition) is 0.